The zero-order valence-electron chi connectivity index (χ0n) is 13.8. The Hall–Kier alpha value is -3.27. The number of thiophene rings is 1. The smallest absolute Gasteiger partial charge is 0.333 e. The molecule has 10 heteroatoms. The SMILES string of the molecule is C=CCN(CC=C)c1nc(NC(=O)Cc2cccs2)n2oc(=O)nc2n1. The first-order chi connectivity index (χ1) is 12.6. The highest BCUT2D eigenvalue weighted by atomic mass is 32.1. The minimum Gasteiger partial charge on any atom is -0.333 e. The monoisotopic (exact) mass is 372 g/mol. The Kier molecular flexibility index (Phi) is 5.23. The van der Waals surface area contributed by atoms with Gasteiger partial charge in [0.05, 0.1) is 6.42 Å². The number of nitrogens with one attached hydrogen (secondary N) is 1. The molecular weight excluding hydrogens is 356 g/mol. The summed E-state index contributed by atoms with van der Waals surface area (Å²) in [4.78, 5) is 38.6. The van der Waals surface area contributed by atoms with Crippen LogP contribution < -0.4 is 16.0 Å². The summed E-state index contributed by atoms with van der Waals surface area (Å²) in [6, 6.07) is 3.73. The largest absolute Gasteiger partial charge is 0.462 e. The number of aromatic nitrogens is 4. The van der Waals surface area contributed by atoms with E-state index in [-0.39, 0.29) is 30.0 Å². The Labute approximate surface area is 152 Å². The van der Waals surface area contributed by atoms with Gasteiger partial charge in [-0.2, -0.15) is 9.97 Å². The normalized spacial score (nSPS) is 10.6. The molecule has 3 aromatic heterocycles. The summed E-state index contributed by atoms with van der Waals surface area (Å²) < 4.78 is 5.94. The van der Waals surface area contributed by atoms with E-state index in [1.165, 1.54) is 11.3 Å². The van der Waals surface area contributed by atoms with Crippen molar-refractivity contribution >= 4 is 34.9 Å². The number of fused-ring (bicyclic) bond motifs is 1. The molecule has 3 heterocycles. The summed E-state index contributed by atoms with van der Waals surface area (Å²) in [5.74, 6) is -0.828. The van der Waals surface area contributed by atoms with Gasteiger partial charge in [0.15, 0.2) is 0 Å². The van der Waals surface area contributed by atoms with E-state index in [9.17, 15) is 9.59 Å². The van der Waals surface area contributed by atoms with Crippen molar-refractivity contribution in [1.82, 2.24) is 19.5 Å². The molecule has 0 fully saturated rings. The summed E-state index contributed by atoms with van der Waals surface area (Å²) in [5.41, 5.74) is 0. The quantitative estimate of drug-likeness (QED) is 0.597. The lowest BCUT2D eigenvalue weighted by atomic mass is 10.3. The van der Waals surface area contributed by atoms with Crippen LogP contribution in [0.2, 0.25) is 0 Å². The minimum atomic E-state index is -0.829. The Bertz CT molecular complexity index is 981. The van der Waals surface area contributed by atoms with Gasteiger partial charge in [-0.25, -0.2) is 4.79 Å². The van der Waals surface area contributed by atoms with Crippen LogP contribution in [0.15, 0.2) is 52.1 Å². The fourth-order valence-electron chi connectivity index (χ4n) is 2.24. The molecule has 9 nitrogen and oxygen atoms in total. The van der Waals surface area contributed by atoms with Crippen LogP contribution >= 0.6 is 11.3 Å². The van der Waals surface area contributed by atoms with E-state index >= 15 is 0 Å². The van der Waals surface area contributed by atoms with Crippen molar-refractivity contribution in [1.29, 1.82) is 0 Å². The zero-order chi connectivity index (χ0) is 18.5. The van der Waals surface area contributed by atoms with Crippen molar-refractivity contribution in [3.05, 3.63) is 58.3 Å². The Morgan fingerprint density at radius 2 is 2.08 bits per heavy atom. The van der Waals surface area contributed by atoms with Crippen LogP contribution in [0.3, 0.4) is 0 Å². The molecule has 0 bridgehead atoms. The molecule has 0 atom stereocenters. The van der Waals surface area contributed by atoms with Gasteiger partial charge in [-0.15, -0.1) is 29.5 Å². The molecular formula is C16H16N6O3S. The molecule has 1 amide bonds. The van der Waals surface area contributed by atoms with Gasteiger partial charge in [0, 0.05) is 18.0 Å². The number of carbonyl (C=O) groups excluding carboxylic acids is 1. The maximum absolute atomic E-state index is 12.3. The van der Waals surface area contributed by atoms with Gasteiger partial charge in [-0.05, 0) is 11.4 Å². The second-order valence-corrected chi connectivity index (χ2v) is 6.23. The summed E-state index contributed by atoms with van der Waals surface area (Å²) in [5, 5.41) is 4.53. The van der Waals surface area contributed by atoms with Crippen LogP contribution in [0.4, 0.5) is 11.9 Å². The number of hydrogen-bond acceptors (Lipinski definition) is 8. The van der Waals surface area contributed by atoms with Gasteiger partial charge in [0.25, 0.3) is 11.7 Å². The van der Waals surface area contributed by atoms with Crippen LogP contribution in [-0.2, 0) is 11.2 Å². The molecule has 0 aliphatic heterocycles. The second kappa shape index (κ2) is 7.74. The third kappa shape index (κ3) is 3.86. The van der Waals surface area contributed by atoms with Gasteiger partial charge in [0.1, 0.15) is 0 Å². The minimum absolute atomic E-state index is 0.00421. The van der Waals surface area contributed by atoms with E-state index in [1.54, 1.807) is 17.1 Å². The molecule has 3 rings (SSSR count). The molecule has 0 aliphatic rings. The number of anilines is 2. The first kappa shape index (κ1) is 17.5. The third-order valence-corrected chi connectivity index (χ3v) is 4.16. The summed E-state index contributed by atoms with van der Waals surface area (Å²) in [6.07, 6.45) is 3.54. The van der Waals surface area contributed by atoms with Crippen molar-refractivity contribution < 1.29 is 9.32 Å². The Balaban J connectivity index is 1.96. The van der Waals surface area contributed by atoms with E-state index in [4.69, 9.17) is 4.52 Å². The highest BCUT2D eigenvalue weighted by molar-refractivity contribution is 7.10. The van der Waals surface area contributed by atoms with Crippen molar-refractivity contribution in [2.24, 2.45) is 0 Å². The molecule has 0 aliphatic carbocycles. The first-order valence-electron chi connectivity index (χ1n) is 7.68. The number of nitrogens with zero attached hydrogens (tertiary/aromatic N) is 5. The topological polar surface area (TPSA) is 106 Å². The van der Waals surface area contributed by atoms with Crippen molar-refractivity contribution in [2.45, 2.75) is 6.42 Å². The maximum atomic E-state index is 12.3. The molecule has 0 saturated heterocycles. The van der Waals surface area contributed by atoms with Crippen molar-refractivity contribution in [2.75, 3.05) is 23.3 Å². The molecule has 0 aromatic carbocycles. The molecule has 0 spiro atoms. The summed E-state index contributed by atoms with van der Waals surface area (Å²) in [6.45, 7) is 8.30. The highest BCUT2D eigenvalue weighted by Crippen LogP contribution is 2.15. The Morgan fingerprint density at radius 1 is 1.31 bits per heavy atom. The van der Waals surface area contributed by atoms with Gasteiger partial charge in [-0.3, -0.25) is 10.1 Å². The lowest BCUT2D eigenvalue weighted by Crippen LogP contribution is -2.27. The number of amides is 1. The fourth-order valence-corrected chi connectivity index (χ4v) is 2.94. The summed E-state index contributed by atoms with van der Waals surface area (Å²) in [7, 11) is 0. The lowest BCUT2D eigenvalue weighted by molar-refractivity contribution is -0.115. The van der Waals surface area contributed by atoms with E-state index < -0.39 is 5.76 Å². The van der Waals surface area contributed by atoms with Gasteiger partial charge in [-0.1, -0.05) is 22.8 Å². The first-order valence-corrected chi connectivity index (χ1v) is 8.55. The second-order valence-electron chi connectivity index (χ2n) is 5.20. The average molecular weight is 372 g/mol. The molecule has 1 N–H and O–H groups in total. The fraction of sp³-hybridized carbons (Fsp3) is 0.188. The molecule has 26 heavy (non-hydrogen) atoms. The highest BCUT2D eigenvalue weighted by Gasteiger charge is 2.17. The molecule has 3 aromatic rings. The van der Waals surface area contributed by atoms with Gasteiger partial charge >= 0.3 is 5.76 Å². The molecule has 134 valence electrons. The standard InChI is InChI=1S/C16H16N6O3S/c1-3-7-21(8-4-2)13-18-14(22-15(19-13)20-16(24)25-22)17-12(23)10-11-6-5-9-26-11/h3-6,9H,1-2,7-8,10H2,(H,17,18,19,20,23,24). The predicted octanol–water partition coefficient (Wildman–Crippen LogP) is 1.50. The van der Waals surface area contributed by atoms with Gasteiger partial charge < -0.3 is 9.42 Å². The van der Waals surface area contributed by atoms with Crippen LogP contribution in [0.5, 0.6) is 0 Å². The van der Waals surface area contributed by atoms with E-state index in [1.807, 2.05) is 17.5 Å². The number of carbonyl (C=O) groups is 1. The van der Waals surface area contributed by atoms with E-state index in [0.29, 0.717) is 13.1 Å². The van der Waals surface area contributed by atoms with Crippen LogP contribution in [-0.4, -0.2) is 38.5 Å². The average Bonchev–Trinajstić information content (AvgIpc) is 3.23. The zero-order valence-corrected chi connectivity index (χ0v) is 14.6. The third-order valence-electron chi connectivity index (χ3n) is 3.29. The van der Waals surface area contributed by atoms with Crippen LogP contribution in [0.1, 0.15) is 4.88 Å². The molecule has 0 radical (unpaired) electrons. The number of rotatable bonds is 8. The summed E-state index contributed by atoms with van der Waals surface area (Å²) >= 11 is 1.47. The van der Waals surface area contributed by atoms with Crippen LogP contribution in [0.25, 0.3) is 5.78 Å². The Morgan fingerprint density at radius 3 is 2.73 bits per heavy atom. The maximum Gasteiger partial charge on any atom is 0.462 e. The van der Waals surface area contributed by atoms with Gasteiger partial charge in [0.2, 0.25) is 11.9 Å². The van der Waals surface area contributed by atoms with Crippen LogP contribution in [0, 0.1) is 0 Å². The molecule has 0 unspecified atom stereocenters. The van der Waals surface area contributed by atoms with Crippen molar-refractivity contribution in [3.8, 4) is 0 Å². The van der Waals surface area contributed by atoms with E-state index in [0.717, 1.165) is 9.45 Å². The lowest BCUT2D eigenvalue weighted by Gasteiger charge is -2.19. The molecule has 0 saturated carbocycles. The van der Waals surface area contributed by atoms with Crippen molar-refractivity contribution in [3.63, 3.8) is 0 Å². The number of hydrogen-bond donors (Lipinski definition) is 1. The predicted molar refractivity (Wildman–Crippen MR) is 98.6 cm³/mol. The van der Waals surface area contributed by atoms with E-state index in [2.05, 4.69) is 33.4 Å².